The first-order valence-corrected chi connectivity index (χ1v) is 9.83. The molecule has 2 unspecified atom stereocenters. The van der Waals surface area contributed by atoms with Crippen molar-refractivity contribution in [1.82, 2.24) is 4.72 Å². The van der Waals surface area contributed by atoms with E-state index in [1.165, 1.54) is 18.2 Å². The fraction of sp³-hybridized carbons (Fsp3) is 0.538. The van der Waals surface area contributed by atoms with Crippen molar-refractivity contribution in [1.29, 1.82) is 0 Å². The molecule has 0 heterocycles. The van der Waals surface area contributed by atoms with Crippen LogP contribution in [0.2, 0.25) is 10.0 Å². The van der Waals surface area contributed by atoms with Crippen molar-refractivity contribution < 1.29 is 8.42 Å². The Bertz CT molecular complexity index is 559. The van der Waals surface area contributed by atoms with Gasteiger partial charge in [0.25, 0.3) is 0 Å². The van der Waals surface area contributed by atoms with Crippen LogP contribution in [0.4, 0.5) is 0 Å². The van der Waals surface area contributed by atoms with Gasteiger partial charge in [0, 0.05) is 21.4 Å². The van der Waals surface area contributed by atoms with Crippen LogP contribution in [0.5, 0.6) is 0 Å². The molecule has 20 heavy (non-hydrogen) atoms. The second-order valence-electron chi connectivity index (χ2n) is 5.03. The van der Waals surface area contributed by atoms with E-state index >= 15 is 0 Å². The summed E-state index contributed by atoms with van der Waals surface area (Å²) in [4.78, 5) is 0.119. The lowest BCUT2D eigenvalue weighted by molar-refractivity contribution is 0.316. The number of hydrogen-bond acceptors (Lipinski definition) is 2. The number of halogens is 3. The molecule has 1 N–H and O–H groups in total. The van der Waals surface area contributed by atoms with E-state index in [4.69, 9.17) is 23.2 Å². The molecular weight excluding hydrogens is 385 g/mol. The number of hydrogen-bond donors (Lipinski definition) is 1. The first-order chi connectivity index (χ1) is 9.42. The molecule has 1 aromatic rings. The molecule has 7 heteroatoms. The Labute approximate surface area is 138 Å². The van der Waals surface area contributed by atoms with E-state index in [2.05, 4.69) is 20.7 Å². The molecule has 2 atom stereocenters. The summed E-state index contributed by atoms with van der Waals surface area (Å²) in [6.45, 7) is 0. The largest absolute Gasteiger partial charge is 0.240 e. The molecule has 0 bridgehead atoms. The molecule has 0 saturated heterocycles. The predicted molar refractivity (Wildman–Crippen MR) is 86.3 cm³/mol. The monoisotopic (exact) mass is 399 g/mol. The van der Waals surface area contributed by atoms with Crippen molar-refractivity contribution in [2.24, 2.45) is 5.92 Å². The smallest absolute Gasteiger partial charge is 0.208 e. The molecule has 1 aliphatic rings. The van der Waals surface area contributed by atoms with Crippen molar-refractivity contribution in [2.45, 2.75) is 36.6 Å². The molecule has 2 rings (SSSR count). The molecule has 112 valence electrons. The maximum Gasteiger partial charge on any atom is 0.240 e. The lowest BCUT2D eigenvalue weighted by atomic mass is 9.87. The Morgan fingerprint density at radius 1 is 1.15 bits per heavy atom. The average Bonchev–Trinajstić information content (AvgIpc) is 2.38. The molecule has 0 aliphatic heterocycles. The van der Waals surface area contributed by atoms with Crippen LogP contribution in [0.1, 0.15) is 25.7 Å². The summed E-state index contributed by atoms with van der Waals surface area (Å²) in [6.07, 6.45) is 4.10. The summed E-state index contributed by atoms with van der Waals surface area (Å²) in [5.41, 5.74) is 0. The highest BCUT2D eigenvalue weighted by atomic mass is 79.9. The van der Waals surface area contributed by atoms with Gasteiger partial charge in [0.15, 0.2) is 0 Å². The third-order valence-corrected chi connectivity index (χ3v) is 6.30. The number of nitrogens with one attached hydrogen (secondary N) is 1. The van der Waals surface area contributed by atoms with E-state index in [0.29, 0.717) is 16.0 Å². The minimum absolute atomic E-state index is 0.0362. The van der Waals surface area contributed by atoms with Crippen LogP contribution in [0.25, 0.3) is 0 Å². The highest BCUT2D eigenvalue weighted by Crippen LogP contribution is 2.28. The van der Waals surface area contributed by atoms with Gasteiger partial charge in [-0.15, -0.1) is 0 Å². The highest BCUT2D eigenvalue weighted by Gasteiger charge is 2.29. The van der Waals surface area contributed by atoms with Gasteiger partial charge in [0.1, 0.15) is 0 Å². The Morgan fingerprint density at radius 3 is 2.35 bits per heavy atom. The summed E-state index contributed by atoms with van der Waals surface area (Å²) >= 11 is 15.2. The molecule has 0 aromatic heterocycles. The third-order valence-electron chi connectivity index (χ3n) is 3.56. The van der Waals surface area contributed by atoms with Gasteiger partial charge >= 0.3 is 0 Å². The third kappa shape index (κ3) is 4.10. The number of alkyl halides is 1. The number of benzene rings is 1. The summed E-state index contributed by atoms with van der Waals surface area (Å²) in [6, 6.07) is 4.32. The Morgan fingerprint density at radius 2 is 1.75 bits per heavy atom. The quantitative estimate of drug-likeness (QED) is 0.768. The topological polar surface area (TPSA) is 46.2 Å². The van der Waals surface area contributed by atoms with Gasteiger partial charge in [-0.3, -0.25) is 0 Å². The summed E-state index contributed by atoms with van der Waals surface area (Å²) in [5, 5.41) is 1.44. The van der Waals surface area contributed by atoms with E-state index in [0.717, 1.165) is 31.0 Å². The minimum atomic E-state index is -3.59. The lowest BCUT2D eigenvalue weighted by Gasteiger charge is -2.30. The van der Waals surface area contributed by atoms with Crippen molar-refractivity contribution in [2.75, 3.05) is 5.33 Å². The van der Waals surface area contributed by atoms with Gasteiger partial charge in [0.05, 0.1) is 4.90 Å². The molecule has 1 aromatic carbocycles. The van der Waals surface area contributed by atoms with Crippen LogP contribution < -0.4 is 4.72 Å². The fourth-order valence-electron chi connectivity index (χ4n) is 2.50. The van der Waals surface area contributed by atoms with Gasteiger partial charge in [0.2, 0.25) is 10.0 Å². The zero-order valence-electron chi connectivity index (χ0n) is 10.8. The number of rotatable bonds is 4. The summed E-state index contributed by atoms with van der Waals surface area (Å²) in [7, 11) is -3.59. The molecule has 0 spiro atoms. The molecule has 3 nitrogen and oxygen atoms in total. The highest BCUT2D eigenvalue weighted by molar-refractivity contribution is 9.09. The van der Waals surface area contributed by atoms with Crippen LogP contribution >= 0.6 is 39.1 Å². The van der Waals surface area contributed by atoms with Gasteiger partial charge < -0.3 is 0 Å². The Hall–Kier alpha value is 0.190. The van der Waals surface area contributed by atoms with Crippen LogP contribution in [-0.2, 0) is 10.0 Å². The second kappa shape index (κ2) is 6.97. The first kappa shape index (κ1) is 16.6. The van der Waals surface area contributed by atoms with Crippen molar-refractivity contribution in [3.05, 3.63) is 28.2 Å². The Balaban J connectivity index is 2.21. The second-order valence-corrected chi connectivity index (χ2v) is 8.27. The zero-order valence-corrected chi connectivity index (χ0v) is 14.7. The standard InChI is InChI=1S/C13H16BrCl2NO2S/c14-8-9-3-1-2-4-13(9)17-20(18,19)12-6-10(15)5-11(16)7-12/h5-7,9,13,17H,1-4,8H2. The van der Waals surface area contributed by atoms with E-state index in [1.807, 2.05) is 0 Å². The van der Waals surface area contributed by atoms with Gasteiger partial charge in [-0.25, -0.2) is 13.1 Å². The number of sulfonamides is 1. The van der Waals surface area contributed by atoms with Crippen molar-refractivity contribution in [3.63, 3.8) is 0 Å². The SMILES string of the molecule is O=S(=O)(NC1CCCCC1CBr)c1cc(Cl)cc(Cl)c1. The van der Waals surface area contributed by atoms with Crippen LogP contribution in [0.3, 0.4) is 0 Å². The van der Waals surface area contributed by atoms with Crippen molar-refractivity contribution in [3.8, 4) is 0 Å². The minimum Gasteiger partial charge on any atom is -0.208 e. The van der Waals surface area contributed by atoms with E-state index < -0.39 is 10.0 Å². The van der Waals surface area contributed by atoms with Gasteiger partial charge in [-0.2, -0.15) is 0 Å². The molecule has 0 amide bonds. The Kier molecular flexibility index (Phi) is 5.77. The summed E-state index contributed by atoms with van der Waals surface area (Å²) < 4.78 is 27.6. The average molecular weight is 401 g/mol. The molecule has 1 aliphatic carbocycles. The maximum absolute atomic E-state index is 12.4. The maximum atomic E-state index is 12.4. The van der Waals surface area contributed by atoms with Crippen LogP contribution in [0.15, 0.2) is 23.1 Å². The van der Waals surface area contributed by atoms with Crippen LogP contribution in [-0.4, -0.2) is 19.8 Å². The molecule has 1 fully saturated rings. The summed E-state index contributed by atoms with van der Waals surface area (Å²) in [5.74, 6) is 0.327. The molecular formula is C13H16BrCl2NO2S. The fourth-order valence-corrected chi connectivity index (χ4v) is 5.34. The molecule has 1 saturated carbocycles. The van der Waals surface area contributed by atoms with Gasteiger partial charge in [-0.1, -0.05) is 52.0 Å². The lowest BCUT2D eigenvalue weighted by Crippen LogP contribution is -2.42. The van der Waals surface area contributed by atoms with Gasteiger partial charge in [-0.05, 0) is 37.0 Å². The van der Waals surface area contributed by atoms with Crippen molar-refractivity contribution >= 4 is 49.2 Å². The predicted octanol–water partition coefficient (Wildman–Crippen LogP) is 4.23. The normalized spacial score (nSPS) is 23.8. The van der Waals surface area contributed by atoms with E-state index in [9.17, 15) is 8.42 Å². The first-order valence-electron chi connectivity index (χ1n) is 6.47. The molecule has 0 radical (unpaired) electrons. The van der Waals surface area contributed by atoms with E-state index in [1.54, 1.807) is 0 Å². The zero-order chi connectivity index (χ0) is 14.8. The van der Waals surface area contributed by atoms with E-state index in [-0.39, 0.29) is 10.9 Å². The van der Waals surface area contributed by atoms with Crippen LogP contribution in [0, 0.1) is 5.92 Å².